The van der Waals surface area contributed by atoms with Crippen molar-refractivity contribution in [2.24, 2.45) is 5.73 Å². The molecule has 0 aliphatic heterocycles. The molecule has 3 N–H and O–H groups in total. The molecule has 0 saturated carbocycles. The zero-order valence-corrected chi connectivity index (χ0v) is 15.0. The molecule has 1 unspecified atom stereocenters. The third kappa shape index (κ3) is 6.36. The monoisotopic (exact) mass is 366 g/mol. The van der Waals surface area contributed by atoms with Crippen LogP contribution < -0.4 is 15.8 Å². The molecule has 6 heteroatoms. The van der Waals surface area contributed by atoms with Crippen LogP contribution in [0, 0.1) is 5.82 Å². The van der Waals surface area contributed by atoms with E-state index in [9.17, 15) is 9.18 Å². The summed E-state index contributed by atoms with van der Waals surface area (Å²) in [5.41, 5.74) is 5.87. The molecule has 0 spiro atoms. The maximum absolute atomic E-state index is 12.8. The van der Waals surface area contributed by atoms with Crippen LogP contribution in [0.4, 0.5) is 4.39 Å². The molecule has 4 nitrogen and oxygen atoms in total. The number of carbonyl (C=O) groups is 1. The fourth-order valence-corrected chi connectivity index (χ4v) is 2.25. The number of nitrogens with two attached hydrogens (primary N) is 1. The van der Waals surface area contributed by atoms with E-state index in [4.69, 9.17) is 10.5 Å². The van der Waals surface area contributed by atoms with E-state index in [0.29, 0.717) is 18.9 Å². The zero-order valence-electron chi connectivity index (χ0n) is 14.2. The molecule has 2 aromatic rings. The second-order valence-corrected chi connectivity index (χ2v) is 5.83. The van der Waals surface area contributed by atoms with Gasteiger partial charge >= 0.3 is 0 Å². The summed E-state index contributed by atoms with van der Waals surface area (Å²) in [4.78, 5) is 12.2. The van der Waals surface area contributed by atoms with E-state index in [-0.39, 0.29) is 24.1 Å². The third-order valence-corrected chi connectivity index (χ3v) is 3.78. The lowest BCUT2D eigenvalue weighted by molar-refractivity contribution is -0.126. The van der Waals surface area contributed by atoms with Crippen LogP contribution in [-0.4, -0.2) is 19.1 Å². The van der Waals surface area contributed by atoms with Crippen LogP contribution in [0.25, 0.3) is 0 Å². The summed E-state index contributed by atoms with van der Waals surface area (Å²) in [6.07, 6.45) is 1.56. The third-order valence-electron chi connectivity index (χ3n) is 3.78. The highest BCUT2D eigenvalue weighted by atomic mass is 35.5. The summed E-state index contributed by atoms with van der Waals surface area (Å²) in [6.45, 7) is 2.75. The van der Waals surface area contributed by atoms with Crippen molar-refractivity contribution in [3.8, 4) is 5.75 Å². The molecular formula is C19H24ClFN2O2. The van der Waals surface area contributed by atoms with Crippen LogP contribution in [0.1, 0.15) is 25.3 Å². The lowest BCUT2D eigenvalue weighted by atomic mass is 9.92. The number of carbonyl (C=O) groups excluding carboxylic acids is 1. The molecule has 2 aromatic carbocycles. The molecule has 1 atom stereocenters. The van der Waals surface area contributed by atoms with Crippen LogP contribution in [0.5, 0.6) is 5.75 Å². The first-order chi connectivity index (χ1) is 11.5. The lowest BCUT2D eigenvalue weighted by Crippen LogP contribution is -2.49. The molecule has 0 aromatic heterocycles. The second-order valence-electron chi connectivity index (χ2n) is 5.83. The molecular weight excluding hydrogens is 343 g/mol. The lowest BCUT2D eigenvalue weighted by Gasteiger charge is -2.24. The minimum absolute atomic E-state index is 0. The van der Waals surface area contributed by atoms with Crippen LogP contribution in [0.15, 0.2) is 54.6 Å². The van der Waals surface area contributed by atoms with E-state index in [2.05, 4.69) is 5.32 Å². The molecule has 0 bridgehead atoms. The number of amides is 1. The Balaban J connectivity index is 0.00000312. The van der Waals surface area contributed by atoms with Gasteiger partial charge in [0.15, 0.2) is 0 Å². The standard InChI is InChI=1S/C19H23FN2O2.ClH/c1-19(21,15-7-3-2-4-8-15)18(23)22-13-5-6-14-24-17-11-9-16(20)10-12-17;/h2-4,7-12H,5-6,13-14,21H2,1H3,(H,22,23);1H. The minimum Gasteiger partial charge on any atom is -0.494 e. The molecule has 0 aliphatic rings. The number of halogens is 2. The van der Waals surface area contributed by atoms with Gasteiger partial charge in [-0.2, -0.15) is 0 Å². The van der Waals surface area contributed by atoms with Crippen molar-refractivity contribution in [3.63, 3.8) is 0 Å². The molecule has 1 amide bonds. The van der Waals surface area contributed by atoms with Crippen LogP contribution in [-0.2, 0) is 10.3 Å². The Kier molecular flexibility index (Phi) is 8.38. The summed E-state index contributed by atoms with van der Waals surface area (Å²) in [5, 5.41) is 2.86. The van der Waals surface area contributed by atoms with Crippen LogP contribution in [0.3, 0.4) is 0 Å². The first-order valence-electron chi connectivity index (χ1n) is 8.01. The Morgan fingerprint density at radius 3 is 2.40 bits per heavy atom. The summed E-state index contributed by atoms with van der Waals surface area (Å²) in [6, 6.07) is 15.2. The topological polar surface area (TPSA) is 64.4 Å². The van der Waals surface area contributed by atoms with E-state index in [0.717, 1.165) is 18.4 Å². The molecule has 25 heavy (non-hydrogen) atoms. The molecule has 0 radical (unpaired) electrons. The maximum Gasteiger partial charge on any atom is 0.244 e. The van der Waals surface area contributed by atoms with Crippen molar-refractivity contribution in [2.45, 2.75) is 25.3 Å². The van der Waals surface area contributed by atoms with Gasteiger partial charge < -0.3 is 15.8 Å². The molecule has 0 heterocycles. The fourth-order valence-electron chi connectivity index (χ4n) is 2.25. The van der Waals surface area contributed by atoms with E-state index in [1.165, 1.54) is 12.1 Å². The predicted molar refractivity (Wildman–Crippen MR) is 99.4 cm³/mol. The van der Waals surface area contributed by atoms with Gasteiger partial charge in [-0.1, -0.05) is 30.3 Å². The van der Waals surface area contributed by atoms with Crippen molar-refractivity contribution >= 4 is 18.3 Å². The number of rotatable bonds is 8. The van der Waals surface area contributed by atoms with Crippen molar-refractivity contribution in [1.82, 2.24) is 5.32 Å². The Bertz CT molecular complexity index is 648. The van der Waals surface area contributed by atoms with E-state index in [1.54, 1.807) is 19.1 Å². The second kappa shape index (κ2) is 10.0. The van der Waals surface area contributed by atoms with Crippen molar-refractivity contribution in [3.05, 3.63) is 66.0 Å². The van der Waals surface area contributed by atoms with Crippen LogP contribution >= 0.6 is 12.4 Å². The zero-order chi connectivity index (χ0) is 17.4. The van der Waals surface area contributed by atoms with Gasteiger partial charge in [-0.05, 0) is 49.6 Å². The van der Waals surface area contributed by atoms with Gasteiger partial charge in [-0.25, -0.2) is 4.39 Å². The predicted octanol–water partition coefficient (Wildman–Crippen LogP) is 3.40. The number of hydrogen-bond donors (Lipinski definition) is 2. The fraction of sp³-hybridized carbons (Fsp3) is 0.316. The average Bonchev–Trinajstić information content (AvgIpc) is 2.60. The summed E-state index contributed by atoms with van der Waals surface area (Å²) < 4.78 is 18.3. The van der Waals surface area contributed by atoms with Gasteiger partial charge in [0.2, 0.25) is 5.91 Å². The summed E-state index contributed by atoms with van der Waals surface area (Å²) in [7, 11) is 0. The average molecular weight is 367 g/mol. The highest BCUT2D eigenvalue weighted by Gasteiger charge is 2.29. The maximum atomic E-state index is 12.8. The number of benzene rings is 2. The number of ether oxygens (including phenoxy) is 1. The number of hydrogen-bond acceptors (Lipinski definition) is 3. The molecule has 0 saturated heterocycles. The normalized spacial score (nSPS) is 12.6. The highest BCUT2D eigenvalue weighted by Crippen LogP contribution is 2.17. The first-order valence-corrected chi connectivity index (χ1v) is 8.01. The van der Waals surface area contributed by atoms with Crippen molar-refractivity contribution in [2.75, 3.05) is 13.2 Å². The molecule has 0 fully saturated rings. The first kappa shape index (κ1) is 20.9. The Morgan fingerprint density at radius 1 is 1.12 bits per heavy atom. The van der Waals surface area contributed by atoms with E-state index >= 15 is 0 Å². The van der Waals surface area contributed by atoms with Gasteiger partial charge in [-0.3, -0.25) is 4.79 Å². The highest BCUT2D eigenvalue weighted by molar-refractivity contribution is 5.86. The van der Waals surface area contributed by atoms with Gasteiger partial charge in [0.25, 0.3) is 0 Å². The number of nitrogens with one attached hydrogen (secondary N) is 1. The molecule has 0 aliphatic carbocycles. The Morgan fingerprint density at radius 2 is 1.76 bits per heavy atom. The number of unbranched alkanes of at least 4 members (excludes halogenated alkanes) is 1. The quantitative estimate of drug-likeness (QED) is 0.704. The van der Waals surface area contributed by atoms with Gasteiger partial charge in [0.05, 0.1) is 6.61 Å². The van der Waals surface area contributed by atoms with E-state index in [1.807, 2.05) is 30.3 Å². The van der Waals surface area contributed by atoms with Crippen molar-refractivity contribution < 1.29 is 13.9 Å². The van der Waals surface area contributed by atoms with Crippen molar-refractivity contribution in [1.29, 1.82) is 0 Å². The summed E-state index contributed by atoms with van der Waals surface area (Å²) >= 11 is 0. The largest absolute Gasteiger partial charge is 0.494 e. The Labute approximate surface area is 154 Å². The van der Waals surface area contributed by atoms with Gasteiger partial charge in [0, 0.05) is 6.54 Å². The smallest absolute Gasteiger partial charge is 0.244 e. The van der Waals surface area contributed by atoms with Gasteiger partial charge in [-0.15, -0.1) is 12.4 Å². The minimum atomic E-state index is -1.05. The van der Waals surface area contributed by atoms with Gasteiger partial charge in [0.1, 0.15) is 17.1 Å². The van der Waals surface area contributed by atoms with E-state index < -0.39 is 5.54 Å². The molecule has 136 valence electrons. The molecule has 2 rings (SSSR count). The summed E-state index contributed by atoms with van der Waals surface area (Å²) in [5.74, 6) is 0.153. The SMILES string of the molecule is CC(N)(C(=O)NCCCCOc1ccc(F)cc1)c1ccccc1.Cl. The van der Waals surface area contributed by atoms with Crippen LogP contribution in [0.2, 0.25) is 0 Å². The Hall–Kier alpha value is -2.11.